The summed E-state index contributed by atoms with van der Waals surface area (Å²) in [7, 11) is -1.97. The molecule has 0 aliphatic heterocycles. The Kier molecular flexibility index (Phi) is 7.45. The predicted molar refractivity (Wildman–Crippen MR) is 111 cm³/mol. The van der Waals surface area contributed by atoms with Crippen LogP contribution >= 0.6 is 15.9 Å². The second kappa shape index (κ2) is 9.40. The molecule has 0 aliphatic rings. The van der Waals surface area contributed by atoms with Crippen LogP contribution in [0.4, 0.5) is 0 Å². The van der Waals surface area contributed by atoms with E-state index in [0.29, 0.717) is 15.6 Å². The molecule has 1 amide bonds. The van der Waals surface area contributed by atoms with Crippen LogP contribution in [0.2, 0.25) is 0 Å². The first-order valence-corrected chi connectivity index (χ1v) is 11.0. The van der Waals surface area contributed by atoms with Crippen LogP contribution in [0.1, 0.15) is 35.3 Å². The Labute approximate surface area is 173 Å². The summed E-state index contributed by atoms with van der Waals surface area (Å²) in [6.07, 6.45) is 0. The number of aromatic hydroxyl groups is 1. The highest BCUT2D eigenvalue weighted by molar-refractivity contribution is 9.10. The molecule has 2 rings (SSSR count). The van der Waals surface area contributed by atoms with Gasteiger partial charge in [-0.3, -0.25) is 4.79 Å². The monoisotopic (exact) mass is 470 g/mol. The number of amides is 1. The zero-order valence-electron chi connectivity index (χ0n) is 15.8. The summed E-state index contributed by atoms with van der Waals surface area (Å²) in [6, 6.07) is 9.79. The third-order valence-corrected chi connectivity index (χ3v) is 5.91. The molecule has 0 heterocycles. The first-order chi connectivity index (χ1) is 13.1. The number of halogens is 1. The van der Waals surface area contributed by atoms with Crippen LogP contribution in [0, 0.1) is 0 Å². The molecule has 0 fully saturated rings. The lowest BCUT2D eigenvalue weighted by Crippen LogP contribution is -2.31. The predicted octanol–water partition coefficient (Wildman–Crippen LogP) is 2.92. The zero-order chi connectivity index (χ0) is 20.9. The molecule has 9 heteroatoms. The van der Waals surface area contributed by atoms with Gasteiger partial charge in [0.05, 0.1) is 17.3 Å². The van der Waals surface area contributed by atoms with E-state index >= 15 is 0 Å². The SMILES string of the molecule is COc1cc(C(=O)NCc2ccc(CS(=O)(=O)NC(C)C)cc2)cc(Br)c1O. The van der Waals surface area contributed by atoms with Gasteiger partial charge in [-0.2, -0.15) is 0 Å². The van der Waals surface area contributed by atoms with Crippen molar-refractivity contribution in [2.45, 2.75) is 32.2 Å². The fourth-order valence-electron chi connectivity index (χ4n) is 2.52. The number of nitrogens with one attached hydrogen (secondary N) is 2. The van der Waals surface area contributed by atoms with Crippen molar-refractivity contribution >= 4 is 31.9 Å². The van der Waals surface area contributed by atoms with Crippen LogP contribution in [0.5, 0.6) is 11.5 Å². The van der Waals surface area contributed by atoms with Gasteiger partial charge in [0.15, 0.2) is 11.5 Å². The number of hydrogen-bond acceptors (Lipinski definition) is 5. The highest BCUT2D eigenvalue weighted by Gasteiger charge is 2.14. The molecule has 7 nitrogen and oxygen atoms in total. The molecule has 0 unspecified atom stereocenters. The largest absolute Gasteiger partial charge is 0.503 e. The maximum absolute atomic E-state index is 12.4. The topological polar surface area (TPSA) is 105 Å². The third-order valence-electron chi connectivity index (χ3n) is 3.76. The summed E-state index contributed by atoms with van der Waals surface area (Å²) in [4.78, 5) is 12.4. The number of rotatable bonds is 8. The minimum atomic E-state index is -3.38. The van der Waals surface area contributed by atoms with Gasteiger partial charge in [0, 0.05) is 18.2 Å². The van der Waals surface area contributed by atoms with Gasteiger partial charge in [-0.25, -0.2) is 13.1 Å². The first kappa shape index (κ1) is 22.2. The number of phenols is 1. The highest BCUT2D eigenvalue weighted by Crippen LogP contribution is 2.35. The summed E-state index contributed by atoms with van der Waals surface area (Å²) in [5.74, 6) is -0.303. The van der Waals surface area contributed by atoms with Gasteiger partial charge in [-0.15, -0.1) is 0 Å². The zero-order valence-corrected chi connectivity index (χ0v) is 18.2. The molecular weight excluding hydrogens is 448 g/mol. The third kappa shape index (κ3) is 6.22. The van der Waals surface area contributed by atoms with E-state index in [1.54, 1.807) is 38.1 Å². The van der Waals surface area contributed by atoms with Crippen molar-refractivity contribution in [2.75, 3.05) is 7.11 Å². The Morgan fingerprint density at radius 1 is 1.18 bits per heavy atom. The van der Waals surface area contributed by atoms with E-state index in [1.165, 1.54) is 19.2 Å². The van der Waals surface area contributed by atoms with Crippen molar-refractivity contribution < 1.29 is 23.1 Å². The number of carbonyl (C=O) groups excluding carboxylic acids is 1. The van der Waals surface area contributed by atoms with E-state index in [1.807, 2.05) is 0 Å². The number of phenolic OH excluding ortho intramolecular Hbond substituents is 1. The lowest BCUT2D eigenvalue weighted by atomic mass is 10.1. The van der Waals surface area contributed by atoms with E-state index in [9.17, 15) is 18.3 Å². The Morgan fingerprint density at radius 2 is 1.79 bits per heavy atom. The second-order valence-corrected chi connectivity index (χ2v) is 9.15. The van der Waals surface area contributed by atoms with Crippen LogP contribution in [-0.4, -0.2) is 32.6 Å². The molecule has 2 aromatic rings. The highest BCUT2D eigenvalue weighted by atomic mass is 79.9. The normalized spacial score (nSPS) is 11.5. The number of sulfonamides is 1. The summed E-state index contributed by atoms with van der Waals surface area (Å²) in [6.45, 7) is 3.81. The van der Waals surface area contributed by atoms with E-state index in [0.717, 1.165) is 5.56 Å². The van der Waals surface area contributed by atoms with E-state index in [2.05, 4.69) is 26.0 Å². The Balaban J connectivity index is 2.00. The first-order valence-electron chi connectivity index (χ1n) is 8.54. The lowest BCUT2D eigenvalue weighted by molar-refractivity contribution is 0.0950. The van der Waals surface area contributed by atoms with E-state index in [4.69, 9.17) is 4.74 Å². The molecule has 0 aliphatic carbocycles. The quantitative estimate of drug-likeness (QED) is 0.549. The minimum Gasteiger partial charge on any atom is -0.503 e. The summed E-state index contributed by atoms with van der Waals surface area (Å²) >= 11 is 3.18. The number of hydrogen-bond donors (Lipinski definition) is 3. The lowest BCUT2D eigenvalue weighted by Gasteiger charge is -2.11. The average Bonchev–Trinajstić information content (AvgIpc) is 2.61. The van der Waals surface area contributed by atoms with Crippen molar-refractivity contribution in [3.8, 4) is 11.5 Å². The number of ether oxygens (including phenoxy) is 1. The molecule has 152 valence electrons. The molecule has 0 saturated carbocycles. The molecule has 0 radical (unpaired) electrons. The van der Waals surface area contributed by atoms with Crippen LogP contribution in [0.15, 0.2) is 40.9 Å². The van der Waals surface area contributed by atoms with Gasteiger partial charge in [-0.1, -0.05) is 24.3 Å². The summed E-state index contributed by atoms with van der Waals surface area (Å²) < 4.78 is 31.9. The van der Waals surface area contributed by atoms with Crippen LogP contribution < -0.4 is 14.8 Å². The molecule has 2 aromatic carbocycles. The van der Waals surface area contributed by atoms with Crippen molar-refractivity contribution in [1.29, 1.82) is 0 Å². The van der Waals surface area contributed by atoms with Gasteiger partial charge >= 0.3 is 0 Å². The molecule has 0 aromatic heterocycles. The Morgan fingerprint density at radius 3 is 2.36 bits per heavy atom. The van der Waals surface area contributed by atoms with E-state index < -0.39 is 10.0 Å². The number of carbonyl (C=O) groups is 1. The second-order valence-electron chi connectivity index (χ2n) is 6.54. The van der Waals surface area contributed by atoms with Gasteiger partial charge in [0.2, 0.25) is 10.0 Å². The Bertz CT molecular complexity index is 944. The van der Waals surface area contributed by atoms with E-state index in [-0.39, 0.29) is 35.7 Å². The molecule has 0 bridgehead atoms. The molecular formula is C19H23BrN2O5S. The number of benzene rings is 2. The average molecular weight is 471 g/mol. The standard InChI is InChI=1S/C19H23BrN2O5S/c1-12(2)22-28(25,26)11-14-6-4-13(5-7-14)10-21-19(24)15-8-16(20)18(23)17(9-15)27-3/h4-9,12,22-23H,10-11H2,1-3H3,(H,21,24). The molecule has 0 atom stereocenters. The fraction of sp³-hybridized carbons (Fsp3) is 0.316. The van der Waals surface area contributed by atoms with Crippen LogP contribution in [0.25, 0.3) is 0 Å². The number of methoxy groups -OCH3 is 1. The van der Waals surface area contributed by atoms with Crippen molar-refractivity contribution in [1.82, 2.24) is 10.0 Å². The smallest absolute Gasteiger partial charge is 0.251 e. The molecule has 0 saturated heterocycles. The van der Waals surface area contributed by atoms with Crippen LogP contribution in [-0.2, 0) is 22.3 Å². The Hall–Kier alpha value is -2.10. The fourth-order valence-corrected chi connectivity index (χ4v) is 4.39. The van der Waals surface area contributed by atoms with Gasteiger partial charge in [0.1, 0.15) is 0 Å². The maximum atomic E-state index is 12.4. The summed E-state index contributed by atoms with van der Waals surface area (Å²) in [5, 5.41) is 12.6. The van der Waals surface area contributed by atoms with Gasteiger partial charge in [-0.05, 0) is 53.0 Å². The van der Waals surface area contributed by atoms with Crippen molar-refractivity contribution in [2.24, 2.45) is 0 Å². The maximum Gasteiger partial charge on any atom is 0.251 e. The summed E-state index contributed by atoms with van der Waals surface area (Å²) in [5.41, 5.74) is 1.83. The van der Waals surface area contributed by atoms with Gasteiger partial charge < -0.3 is 15.2 Å². The molecule has 28 heavy (non-hydrogen) atoms. The van der Waals surface area contributed by atoms with Gasteiger partial charge in [0.25, 0.3) is 5.91 Å². The van der Waals surface area contributed by atoms with Crippen molar-refractivity contribution in [3.05, 3.63) is 57.6 Å². The minimum absolute atomic E-state index is 0.0726. The molecule has 0 spiro atoms. The van der Waals surface area contributed by atoms with Crippen LogP contribution in [0.3, 0.4) is 0 Å². The molecule has 3 N–H and O–H groups in total. The van der Waals surface area contributed by atoms with Crippen molar-refractivity contribution in [3.63, 3.8) is 0 Å².